The molecule has 0 spiro atoms. The lowest BCUT2D eigenvalue weighted by Crippen LogP contribution is -2.44. The molecule has 2 aromatic rings. The van der Waals surface area contributed by atoms with Gasteiger partial charge in [-0.3, -0.25) is 9.69 Å². The number of anilines is 1. The number of halogens is 4. The van der Waals surface area contributed by atoms with Gasteiger partial charge in [0.1, 0.15) is 5.75 Å². The van der Waals surface area contributed by atoms with Gasteiger partial charge in [0.05, 0.1) is 29.6 Å². The second-order valence-electron chi connectivity index (χ2n) is 10.6. The van der Waals surface area contributed by atoms with Gasteiger partial charge in [-0.1, -0.05) is 38.4 Å². The fourth-order valence-electron chi connectivity index (χ4n) is 4.32. The minimum absolute atomic E-state index is 0.0285. The van der Waals surface area contributed by atoms with E-state index in [0.29, 0.717) is 17.3 Å². The first-order valence-corrected chi connectivity index (χ1v) is 15.1. The summed E-state index contributed by atoms with van der Waals surface area (Å²) in [6.07, 6.45) is -3.01. The van der Waals surface area contributed by atoms with Crippen LogP contribution in [0.4, 0.5) is 18.9 Å². The number of rotatable bonds is 7. The number of benzene rings is 2. The van der Waals surface area contributed by atoms with Gasteiger partial charge in [0, 0.05) is 18.7 Å². The van der Waals surface area contributed by atoms with Gasteiger partial charge >= 0.3 is 6.18 Å². The largest absolute Gasteiger partial charge is 0.496 e. The lowest BCUT2D eigenvalue weighted by molar-refractivity contribution is -0.138. The molecule has 1 aliphatic rings. The number of ether oxygens (including phenoxy) is 1. The minimum atomic E-state index is -4.65. The molecule has 0 fully saturated rings. The molecular weight excluding hydrogens is 509 g/mol. The van der Waals surface area contributed by atoms with Gasteiger partial charge in [-0.15, -0.1) is 0 Å². The van der Waals surface area contributed by atoms with E-state index in [0.717, 1.165) is 49.8 Å². The maximum atomic E-state index is 13.4. The molecule has 1 aliphatic heterocycles. The highest BCUT2D eigenvalue weighted by atomic mass is 35.5. The molecule has 198 valence electrons. The average Bonchev–Trinajstić information content (AvgIpc) is 2.78. The summed E-state index contributed by atoms with van der Waals surface area (Å²) < 4.78 is 51.4. The van der Waals surface area contributed by atoms with E-state index in [4.69, 9.17) is 20.8 Å². The number of methoxy groups -OCH3 is 1. The molecular formula is C26H34ClF3N2O3Si. The zero-order chi connectivity index (χ0) is 26.8. The molecule has 1 atom stereocenters. The Morgan fingerprint density at radius 2 is 1.89 bits per heavy atom. The summed E-state index contributed by atoms with van der Waals surface area (Å²) in [7, 11) is -0.142. The van der Waals surface area contributed by atoms with Crippen molar-refractivity contribution in [2.75, 3.05) is 19.0 Å². The third kappa shape index (κ3) is 7.03. The Kier molecular flexibility index (Phi) is 8.81. The first-order valence-electron chi connectivity index (χ1n) is 12.0. The van der Waals surface area contributed by atoms with Crippen molar-refractivity contribution in [2.24, 2.45) is 5.41 Å². The van der Waals surface area contributed by atoms with Gasteiger partial charge in [0.15, 0.2) is 9.04 Å². The average molecular weight is 543 g/mol. The first kappa shape index (κ1) is 28.5. The van der Waals surface area contributed by atoms with Crippen LogP contribution in [0.15, 0.2) is 30.3 Å². The Bertz CT molecular complexity index is 1100. The molecule has 0 radical (unpaired) electrons. The molecule has 1 unspecified atom stereocenters. The van der Waals surface area contributed by atoms with Crippen molar-refractivity contribution in [3.63, 3.8) is 0 Å². The minimum Gasteiger partial charge on any atom is -0.496 e. The van der Waals surface area contributed by atoms with Crippen LogP contribution in [0.1, 0.15) is 54.2 Å². The molecule has 2 aromatic carbocycles. The number of hydrogen-bond donors (Lipinski definition) is 1. The smallest absolute Gasteiger partial charge is 0.419 e. The third-order valence-electron chi connectivity index (χ3n) is 6.01. The van der Waals surface area contributed by atoms with Crippen molar-refractivity contribution < 1.29 is 27.1 Å². The molecule has 0 saturated heterocycles. The maximum absolute atomic E-state index is 13.4. The number of amides is 1. The predicted molar refractivity (Wildman–Crippen MR) is 139 cm³/mol. The van der Waals surface area contributed by atoms with Crippen molar-refractivity contribution >= 4 is 32.2 Å². The normalized spacial score (nSPS) is 15.5. The molecule has 1 amide bonds. The summed E-state index contributed by atoms with van der Waals surface area (Å²) in [5.74, 6) is -1.03. The van der Waals surface area contributed by atoms with Crippen molar-refractivity contribution in [1.29, 1.82) is 0 Å². The van der Waals surface area contributed by atoms with Crippen LogP contribution in [0, 0.1) is 5.41 Å². The molecule has 10 heteroatoms. The fraction of sp³-hybridized carbons (Fsp3) is 0.500. The number of carbonyl (C=O) groups is 1. The quantitative estimate of drug-likeness (QED) is 0.394. The monoisotopic (exact) mass is 542 g/mol. The Hall–Kier alpha value is -2.07. The topological polar surface area (TPSA) is 50.8 Å². The molecule has 0 aromatic heterocycles. The van der Waals surface area contributed by atoms with Crippen LogP contribution in [0.25, 0.3) is 0 Å². The highest BCUT2D eigenvalue weighted by Gasteiger charge is 2.35. The third-order valence-corrected chi connectivity index (χ3v) is 7.30. The second-order valence-corrected chi connectivity index (χ2v) is 13.3. The summed E-state index contributed by atoms with van der Waals surface area (Å²) in [5.41, 5.74) is 1.29. The SMILES string of the molecule is COc1ccc(C(=O)Nc2ccc3c(c2Cl)CN(C(CC(C)(C)C)O[SiH](C)C)CC3)cc1C(F)(F)F. The predicted octanol–water partition coefficient (Wildman–Crippen LogP) is 6.74. The van der Waals surface area contributed by atoms with Crippen LogP contribution in [-0.2, 0) is 23.6 Å². The van der Waals surface area contributed by atoms with E-state index in [9.17, 15) is 18.0 Å². The van der Waals surface area contributed by atoms with Crippen molar-refractivity contribution in [1.82, 2.24) is 4.90 Å². The fourth-order valence-corrected chi connectivity index (χ4v) is 5.51. The zero-order valence-electron chi connectivity index (χ0n) is 21.6. The van der Waals surface area contributed by atoms with Gasteiger partial charge < -0.3 is 14.5 Å². The van der Waals surface area contributed by atoms with Crippen LogP contribution < -0.4 is 10.1 Å². The Morgan fingerprint density at radius 1 is 1.19 bits per heavy atom. The lowest BCUT2D eigenvalue weighted by Gasteiger charge is -2.39. The van der Waals surface area contributed by atoms with E-state index in [1.54, 1.807) is 6.07 Å². The van der Waals surface area contributed by atoms with Crippen LogP contribution in [0.3, 0.4) is 0 Å². The van der Waals surface area contributed by atoms with Gasteiger partial charge in [0.25, 0.3) is 5.91 Å². The van der Waals surface area contributed by atoms with E-state index in [1.807, 2.05) is 6.07 Å². The van der Waals surface area contributed by atoms with Crippen LogP contribution in [-0.4, -0.2) is 39.7 Å². The number of fused-ring (bicyclic) bond motifs is 1. The van der Waals surface area contributed by atoms with Crippen molar-refractivity contribution in [3.05, 3.63) is 57.6 Å². The van der Waals surface area contributed by atoms with E-state index in [-0.39, 0.29) is 23.0 Å². The Morgan fingerprint density at radius 3 is 2.47 bits per heavy atom. The highest BCUT2D eigenvalue weighted by molar-refractivity contribution is 6.48. The molecule has 3 rings (SSSR count). The van der Waals surface area contributed by atoms with E-state index in [2.05, 4.69) is 44.1 Å². The summed E-state index contributed by atoms with van der Waals surface area (Å²) in [5, 5.41) is 3.08. The molecule has 36 heavy (non-hydrogen) atoms. The first-order chi connectivity index (χ1) is 16.7. The maximum Gasteiger partial charge on any atom is 0.419 e. The van der Waals surface area contributed by atoms with Crippen LogP contribution >= 0.6 is 11.6 Å². The summed E-state index contributed by atoms with van der Waals surface area (Å²) >= 11 is 6.75. The van der Waals surface area contributed by atoms with Gasteiger partial charge in [-0.2, -0.15) is 13.2 Å². The van der Waals surface area contributed by atoms with Gasteiger partial charge in [-0.25, -0.2) is 0 Å². The van der Waals surface area contributed by atoms with E-state index in [1.165, 1.54) is 6.07 Å². The highest BCUT2D eigenvalue weighted by Crippen LogP contribution is 2.38. The van der Waals surface area contributed by atoms with E-state index >= 15 is 0 Å². The standard InChI is InChI=1S/C26H34ClF3N2O3Si/c1-25(2,3)14-22(35-36(5)6)32-12-11-16-7-9-20(23(27)18(16)15-32)31-24(33)17-8-10-21(34-4)19(13-17)26(28,29)30/h7-10,13,22,36H,11-12,14-15H2,1-6H3,(H,31,33). The summed E-state index contributed by atoms with van der Waals surface area (Å²) in [4.78, 5) is 15.1. The second kappa shape index (κ2) is 11.1. The molecule has 0 aliphatic carbocycles. The lowest BCUT2D eigenvalue weighted by atomic mass is 9.90. The van der Waals surface area contributed by atoms with Crippen LogP contribution in [0.5, 0.6) is 5.75 Å². The Balaban J connectivity index is 1.85. The van der Waals surface area contributed by atoms with Crippen LogP contribution in [0.2, 0.25) is 18.1 Å². The summed E-state index contributed by atoms with van der Waals surface area (Å²) in [6, 6.07) is 6.83. The molecule has 0 saturated carbocycles. The Labute approximate surface area is 217 Å². The van der Waals surface area contributed by atoms with Gasteiger partial charge in [0.2, 0.25) is 0 Å². The number of carbonyl (C=O) groups excluding carboxylic acids is 1. The molecule has 5 nitrogen and oxygen atoms in total. The number of hydrogen-bond acceptors (Lipinski definition) is 4. The molecule has 1 N–H and O–H groups in total. The van der Waals surface area contributed by atoms with Crippen molar-refractivity contribution in [2.45, 2.75) is 65.7 Å². The zero-order valence-corrected chi connectivity index (χ0v) is 23.5. The molecule has 0 bridgehead atoms. The number of alkyl halides is 3. The van der Waals surface area contributed by atoms with Crippen molar-refractivity contribution in [3.8, 4) is 5.75 Å². The summed E-state index contributed by atoms with van der Waals surface area (Å²) in [6.45, 7) is 12.3. The number of nitrogens with one attached hydrogen (secondary N) is 1. The molecule has 1 heterocycles. The van der Waals surface area contributed by atoms with E-state index < -0.39 is 26.7 Å². The van der Waals surface area contributed by atoms with Gasteiger partial charge in [-0.05, 0) is 66.7 Å². The number of nitrogens with zero attached hydrogens (tertiary/aromatic N) is 1.